The van der Waals surface area contributed by atoms with E-state index in [0.717, 1.165) is 19.1 Å². The Morgan fingerprint density at radius 3 is 2.24 bits per heavy atom. The molecule has 1 fully saturated rings. The Hall–Kier alpha value is -0.193. The van der Waals surface area contributed by atoms with Crippen LogP contribution in [0.5, 0.6) is 0 Å². The topological polar surface area (TPSA) is 35.5 Å². The summed E-state index contributed by atoms with van der Waals surface area (Å²) in [6.07, 6.45) is 2.68. The molecule has 0 radical (unpaired) electrons. The lowest BCUT2D eigenvalue weighted by atomic mass is 9.83. The number of carbonyl (C=O) groups excluding carboxylic acids is 1. The normalized spacial score (nSPS) is 21.2. The highest BCUT2D eigenvalue weighted by molar-refractivity contribution is 6.74. The van der Waals surface area contributed by atoms with E-state index in [2.05, 4.69) is 33.9 Å². The molecule has 0 bridgehead atoms. The third-order valence-electron chi connectivity index (χ3n) is 4.27. The van der Waals surface area contributed by atoms with Crippen LogP contribution in [0.4, 0.5) is 0 Å². The van der Waals surface area contributed by atoms with Gasteiger partial charge >= 0.3 is 0 Å². The van der Waals surface area contributed by atoms with Gasteiger partial charge in [-0.05, 0) is 31.0 Å². The van der Waals surface area contributed by atoms with E-state index in [4.69, 9.17) is 9.16 Å². The highest BCUT2D eigenvalue weighted by Gasteiger charge is 2.41. The van der Waals surface area contributed by atoms with Gasteiger partial charge in [-0.3, -0.25) is 0 Å². The predicted octanol–water partition coefficient (Wildman–Crippen LogP) is 3.00. The molecule has 0 aromatic carbocycles. The summed E-state index contributed by atoms with van der Waals surface area (Å²) in [4.78, 5) is 11.3. The first-order valence-electron chi connectivity index (χ1n) is 6.41. The van der Waals surface area contributed by atoms with Crippen molar-refractivity contribution in [3.05, 3.63) is 0 Å². The summed E-state index contributed by atoms with van der Waals surface area (Å²) in [6, 6.07) is 0. The van der Waals surface area contributed by atoms with E-state index in [1.807, 2.05) is 0 Å². The zero-order chi connectivity index (χ0) is 13.2. The molecule has 0 spiro atoms. The fourth-order valence-electron chi connectivity index (χ4n) is 1.61. The molecule has 1 saturated heterocycles. The summed E-state index contributed by atoms with van der Waals surface area (Å²) < 4.78 is 11.5. The lowest BCUT2D eigenvalue weighted by Gasteiger charge is -2.40. The van der Waals surface area contributed by atoms with Crippen LogP contribution >= 0.6 is 0 Å². The molecule has 17 heavy (non-hydrogen) atoms. The van der Waals surface area contributed by atoms with Gasteiger partial charge in [0.1, 0.15) is 6.29 Å². The maximum atomic E-state index is 11.3. The largest absolute Gasteiger partial charge is 0.416 e. The van der Waals surface area contributed by atoms with E-state index in [1.54, 1.807) is 0 Å². The molecule has 0 saturated carbocycles. The van der Waals surface area contributed by atoms with Crippen molar-refractivity contribution < 1.29 is 14.0 Å². The van der Waals surface area contributed by atoms with Crippen LogP contribution in [-0.4, -0.2) is 34.4 Å². The molecule has 1 rings (SSSR count). The Kier molecular flexibility index (Phi) is 4.55. The Bertz CT molecular complexity index is 262. The zero-order valence-electron chi connectivity index (χ0n) is 11.8. The lowest BCUT2D eigenvalue weighted by Crippen LogP contribution is -2.45. The van der Waals surface area contributed by atoms with E-state index < -0.39 is 8.32 Å². The Morgan fingerprint density at radius 2 is 1.82 bits per heavy atom. The fraction of sp³-hybridized carbons (Fsp3) is 0.923. The maximum absolute atomic E-state index is 11.3. The summed E-state index contributed by atoms with van der Waals surface area (Å²) in [5.74, 6) is 0. The second-order valence-electron chi connectivity index (χ2n) is 6.64. The van der Waals surface area contributed by atoms with Crippen molar-refractivity contribution in [1.29, 1.82) is 0 Å². The Balaban J connectivity index is 2.61. The van der Waals surface area contributed by atoms with Crippen molar-refractivity contribution in [2.24, 2.45) is 5.41 Å². The minimum absolute atomic E-state index is 0.197. The SMILES string of the molecule is CC(C)(C)[Si](C)(C)OCC1(C=O)CCOCC1. The number of aldehydes is 1. The second-order valence-corrected chi connectivity index (χ2v) is 11.5. The molecule has 1 heterocycles. The van der Waals surface area contributed by atoms with Gasteiger partial charge in [0.15, 0.2) is 8.32 Å². The molecule has 0 aliphatic carbocycles. The molecule has 0 atom stereocenters. The quantitative estimate of drug-likeness (QED) is 0.574. The summed E-state index contributed by atoms with van der Waals surface area (Å²) in [7, 11) is -1.75. The van der Waals surface area contributed by atoms with Crippen LogP contribution < -0.4 is 0 Å². The molecule has 1 aliphatic rings. The van der Waals surface area contributed by atoms with Crippen molar-refractivity contribution in [3.8, 4) is 0 Å². The van der Waals surface area contributed by atoms with Crippen molar-refractivity contribution >= 4 is 14.6 Å². The highest BCUT2D eigenvalue weighted by Crippen LogP contribution is 2.38. The molecular weight excluding hydrogens is 232 g/mol. The molecule has 0 aromatic rings. The van der Waals surface area contributed by atoms with E-state index >= 15 is 0 Å². The highest BCUT2D eigenvalue weighted by atomic mass is 28.4. The monoisotopic (exact) mass is 258 g/mol. The summed E-state index contributed by atoms with van der Waals surface area (Å²) in [5.41, 5.74) is -0.298. The van der Waals surface area contributed by atoms with Crippen LogP contribution in [0.3, 0.4) is 0 Å². The Labute approximate surface area is 106 Å². The lowest BCUT2D eigenvalue weighted by molar-refractivity contribution is -0.124. The second kappa shape index (κ2) is 5.20. The smallest absolute Gasteiger partial charge is 0.192 e. The van der Waals surface area contributed by atoms with Crippen LogP contribution in [0.1, 0.15) is 33.6 Å². The molecule has 100 valence electrons. The minimum atomic E-state index is -1.75. The third-order valence-corrected chi connectivity index (χ3v) is 8.74. The number of carbonyl (C=O) groups is 1. The standard InChI is InChI=1S/C13H26O3Si/c1-12(2,3)17(4,5)16-11-13(10-14)6-8-15-9-7-13/h10H,6-9,11H2,1-5H3. The van der Waals surface area contributed by atoms with Crippen molar-refractivity contribution in [2.75, 3.05) is 19.8 Å². The van der Waals surface area contributed by atoms with Gasteiger partial charge in [0.25, 0.3) is 0 Å². The first-order chi connectivity index (χ1) is 7.72. The third kappa shape index (κ3) is 3.63. The maximum Gasteiger partial charge on any atom is 0.192 e. The minimum Gasteiger partial charge on any atom is -0.416 e. The van der Waals surface area contributed by atoms with Crippen LogP contribution in [0.15, 0.2) is 0 Å². The van der Waals surface area contributed by atoms with Gasteiger partial charge in [-0.25, -0.2) is 0 Å². The average Bonchev–Trinajstić information content (AvgIpc) is 2.26. The van der Waals surface area contributed by atoms with Gasteiger partial charge in [-0.15, -0.1) is 0 Å². The molecule has 0 aromatic heterocycles. The van der Waals surface area contributed by atoms with E-state index in [-0.39, 0.29) is 10.5 Å². The summed E-state index contributed by atoms with van der Waals surface area (Å²) in [6.45, 7) is 13.0. The summed E-state index contributed by atoms with van der Waals surface area (Å²) in [5, 5.41) is 0.197. The number of rotatable bonds is 4. The van der Waals surface area contributed by atoms with Gasteiger partial charge < -0.3 is 14.0 Å². The number of hydrogen-bond donors (Lipinski definition) is 0. The van der Waals surface area contributed by atoms with Crippen molar-refractivity contribution in [3.63, 3.8) is 0 Å². The molecule has 1 aliphatic heterocycles. The Morgan fingerprint density at radius 1 is 1.29 bits per heavy atom. The van der Waals surface area contributed by atoms with Crippen molar-refractivity contribution in [2.45, 2.75) is 51.7 Å². The van der Waals surface area contributed by atoms with Gasteiger partial charge in [-0.2, -0.15) is 0 Å². The van der Waals surface area contributed by atoms with Crippen molar-refractivity contribution in [1.82, 2.24) is 0 Å². The molecule has 0 unspecified atom stereocenters. The van der Waals surface area contributed by atoms with Gasteiger partial charge in [0.05, 0.1) is 5.41 Å². The number of hydrogen-bond acceptors (Lipinski definition) is 3. The van der Waals surface area contributed by atoms with E-state index in [9.17, 15) is 4.79 Å². The fourth-order valence-corrected chi connectivity index (χ4v) is 2.70. The first-order valence-corrected chi connectivity index (χ1v) is 9.31. The van der Waals surface area contributed by atoms with E-state index in [0.29, 0.717) is 19.8 Å². The molecule has 4 heteroatoms. The number of ether oxygens (including phenoxy) is 1. The van der Waals surface area contributed by atoms with Gasteiger partial charge in [0.2, 0.25) is 0 Å². The molecule has 0 amide bonds. The van der Waals surface area contributed by atoms with Crippen LogP contribution in [0, 0.1) is 5.41 Å². The molecule has 0 N–H and O–H groups in total. The average molecular weight is 258 g/mol. The first kappa shape index (κ1) is 14.9. The van der Waals surface area contributed by atoms with Gasteiger partial charge in [0, 0.05) is 19.8 Å². The van der Waals surface area contributed by atoms with Crippen LogP contribution in [-0.2, 0) is 14.0 Å². The molecular formula is C13H26O3Si. The van der Waals surface area contributed by atoms with E-state index in [1.165, 1.54) is 0 Å². The zero-order valence-corrected chi connectivity index (χ0v) is 12.8. The van der Waals surface area contributed by atoms with Gasteiger partial charge in [-0.1, -0.05) is 20.8 Å². The summed E-state index contributed by atoms with van der Waals surface area (Å²) >= 11 is 0. The van der Waals surface area contributed by atoms with Crippen LogP contribution in [0.2, 0.25) is 18.1 Å². The predicted molar refractivity (Wildman–Crippen MR) is 71.7 cm³/mol. The molecule has 3 nitrogen and oxygen atoms in total. The van der Waals surface area contributed by atoms with Crippen LogP contribution in [0.25, 0.3) is 0 Å².